The molecule has 1 fully saturated rings. The van der Waals surface area contributed by atoms with Crippen molar-refractivity contribution < 1.29 is 4.79 Å². The van der Waals surface area contributed by atoms with Crippen molar-refractivity contribution in [2.75, 3.05) is 18.1 Å². The van der Waals surface area contributed by atoms with Crippen molar-refractivity contribution in [1.29, 1.82) is 0 Å². The summed E-state index contributed by atoms with van der Waals surface area (Å²) in [4.78, 5) is 15.1. The van der Waals surface area contributed by atoms with Crippen LogP contribution in [0.5, 0.6) is 0 Å². The van der Waals surface area contributed by atoms with Crippen LogP contribution in [0.4, 0.5) is 5.82 Å². The maximum absolute atomic E-state index is 10.9. The average Bonchev–Trinajstić information content (AvgIpc) is 2.29. The highest BCUT2D eigenvalue weighted by atomic mass is 32.2. The lowest BCUT2D eigenvalue weighted by Crippen LogP contribution is -2.40. The number of hydrogen-bond acceptors (Lipinski definition) is 4. The van der Waals surface area contributed by atoms with Crippen LogP contribution in [0.1, 0.15) is 29.6 Å². The van der Waals surface area contributed by atoms with E-state index in [0.29, 0.717) is 10.3 Å². The molecule has 5 heteroatoms. The SMILES string of the molecule is CSC1(CNc2ccc(C(N)=O)cn2)CCC1. The predicted molar refractivity (Wildman–Crippen MR) is 71.3 cm³/mol. The van der Waals surface area contributed by atoms with E-state index in [9.17, 15) is 4.79 Å². The molecule has 0 spiro atoms. The minimum absolute atomic E-state index is 0.379. The van der Waals surface area contributed by atoms with Gasteiger partial charge in [0.1, 0.15) is 5.82 Å². The summed E-state index contributed by atoms with van der Waals surface area (Å²) in [5.74, 6) is 0.360. The second kappa shape index (κ2) is 4.96. The number of pyridine rings is 1. The average molecular weight is 251 g/mol. The normalized spacial score (nSPS) is 17.2. The lowest BCUT2D eigenvalue weighted by Gasteiger charge is -2.40. The Kier molecular flexibility index (Phi) is 3.57. The number of nitrogens with zero attached hydrogens (tertiary/aromatic N) is 1. The molecule has 1 aliphatic carbocycles. The number of rotatable bonds is 5. The van der Waals surface area contributed by atoms with Crippen LogP contribution in [0.15, 0.2) is 18.3 Å². The summed E-state index contributed by atoms with van der Waals surface area (Å²) < 4.78 is 0.379. The van der Waals surface area contributed by atoms with Crippen molar-refractivity contribution >= 4 is 23.5 Å². The Labute approximate surface area is 105 Å². The van der Waals surface area contributed by atoms with E-state index in [1.165, 1.54) is 25.5 Å². The fourth-order valence-electron chi connectivity index (χ4n) is 1.92. The smallest absolute Gasteiger partial charge is 0.250 e. The Morgan fingerprint density at radius 2 is 2.35 bits per heavy atom. The van der Waals surface area contributed by atoms with Crippen LogP contribution >= 0.6 is 11.8 Å². The number of amides is 1. The van der Waals surface area contributed by atoms with Gasteiger partial charge in [0.25, 0.3) is 0 Å². The molecule has 0 saturated heterocycles. The van der Waals surface area contributed by atoms with E-state index in [2.05, 4.69) is 16.6 Å². The first-order valence-corrected chi connectivity index (χ1v) is 6.93. The lowest BCUT2D eigenvalue weighted by molar-refractivity contribution is 0.1000. The van der Waals surface area contributed by atoms with Crippen LogP contribution in [0.25, 0.3) is 0 Å². The van der Waals surface area contributed by atoms with Gasteiger partial charge in [-0.2, -0.15) is 11.8 Å². The third-order valence-electron chi connectivity index (χ3n) is 3.34. The number of primary amides is 1. The topological polar surface area (TPSA) is 68.0 Å². The van der Waals surface area contributed by atoms with E-state index in [0.717, 1.165) is 12.4 Å². The zero-order valence-corrected chi connectivity index (χ0v) is 10.7. The number of anilines is 1. The Hall–Kier alpha value is -1.23. The van der Waals surface area contributed by atoms with Crippen molar-refractivity contribution in [3.63, 3.8) is 0 Å². The van der Waals surface area contributed by atoms with Gasteiger partial charge >= 0.3 is 0 Å². The molecule has 2 rings (SSSR count). The Bertz CT molecular complexity index is 395. The summed E-state index contributed by atoms with van der Waals surface area (Å²) in [7, 11) is 0. The molecular weight excluding hydrogens is 234 g/mol. The van der Waals surface area contributed by atoms with Gasteiger partial charge in [0, 0.05) is 17.5 Å². The molecule has 1 aliphatic rings. The summed E-state index contributed by atoms with van der Waals surface area (Å²) in [6, 6.07) is 3.50. The number of aromatic nitrogens is 1. The molecule has 0 radical (unpaired) electrons. The van der Waals surface area contributed by atoms with E-state index in [-0.39, 0.29) is 0 Å². The Morgan fingerprint density at radius 3 is 2.76 bits per heavy atom. The first-order valence-electron chi connectivity index (χ1n) is 5.70. The van der Waals surface area contributed by atoms with E-state index in [1.807, 2.05) is 11.8 Å². The highest BCUT2D eigenvalue weighted by Crippen LogP contribution is 2.42. The molecule has 1 heterocycles. The second-order valence-corrected chi connectivity index (χ2v) is 5.66. The molecule has 1 amide bonds. The first-order chi connectivity index (χ1) is 8.15. The van der Waals surface area contributed by atoms with E-state index in [4.69, 9.17) is 5.73 Å². The standard InChI is InChI=1S/C12H17N3OS/c1-17-12(5-2-6-12)8-15-10-4-3-9(7-14-10)11(13)16/h3-4,7H,2,5-6,8H2,1H3,(H2,13,16)(H,14,15). The highest BCUT2D eigenvalue weighted by Gasteiger charge is 2.35. The van der Waals surface area contributed by atoms with E-state index < -0.39 is 5.91 Å². The van der Waals surface area contributed by atoms with Crippen molar-refractivity contribution in [3.05, 3.63) is 23.9 Å². The Morgan fingerprint density at radius 1 is 1.59 bits per heavy atom. The number of nitrogens with one attached hydrogen (secondary N) is 1. The van der Waals surface area contributed by atoms with Crippen molar-refractivity contribution in [3.8, 4) is 0 Å². The quantitative estimate of drug-likeness (QED) is 0.838. The summed E-state index contributed by atoms with van der Waals surface area (Å²) in [5, 5.41) is 3.32. The van der Waals surface area contributed by atoms with E-state index >= 15 is 0 Å². The zero-order chi connectivity index (χ0) is 12.3. The monoisotopic (exact) mass is 251 g/mol. The van der Waals surface area contributed by atoms with Crippen LogP contribution in [0.3, 0.4) is 0 Å². The van der Waals surface area contributed by atoms with Gasteiger partial charge in [-0.05, 0) is 31.2 Å². The number of nitrogens with two attached hydrogens (primary N) is 1. The number of carbonyl (C=O) groups is 1. The summed E-state index contributed by atoms with van der Waals surface area (Å²) in [6.07, 6.45) is 7.51. The molecule has 1 aromatic rings. The third kappa shape index (κ3) is 2.72. The van der Waals surface area contributed by atoms with Crippen molar-refractivity contribution in [2.45, 2.75) is 24.0 Å². The Balaban J connectivity index is 1.93. The molecule has 0 aliphatic heterocycles. The van der Waals surface area contributed by atoms with Gasteiger partial charge in [0.2, 0.25) is 5.91 Å². The minimum atomic E-state index is -0.441. The van der Waals surface area contributed by atoms with Crippen LogP contribution < -0.4 is 11.1 Å². The summed E-state index contributed by atoms with van der Waals surface area (Å²) >= 11 is 1.92. The maximum atomic E-state index is 10.9. The molecule has 1 saturated carbocycles. The largest absolute Gasteiger partial charge is 0.369 e. The zero-order valence-electron chi connectivity index (χ0n) is 9.90. The molecule has 0 unspecified atom stereocenters. The van der Waals surface area contributed by atoms with Crippen LogP contribution in [-0.4, -0.2) is 28.4 Å². The minimum Gasteiger partial charge on any atom is -0.369 e. The second-order valence-electron chi connectivity index (χ2n) is 4.39. The molecule has 0 atom stereocenters. The molecule has 3 N–H and O–H groups in total. The molecule has 0 bridgehead atoms. The van der Waals surface area contributed by atoms with Crippen molar-refractivity contribution in [1.82, 2.24) is 4.98 Å². The van der Waals surface area contributed by atoms with Crippen molar-refractivity contribution in [2.24, 2.45) is 5.73 Å². The van der Waals surface area contributed by atoms with Crippen LogP contribution in [0.2, 0.25) is 0 Å². The lowest BCUT2D eigenvalue weighted by atomic mass is 9.84. The van der Waals surface area contributed by atoms with Crippen LogP contribution in [0, 0.1) is 0 Å². The molecular formula is C12H17N3OS. The maximum Gasteiger partial charge on any atom is 0.250 e. The predicted octanol–water partition coefficient (Wildman–Crippen LogP) is 1.88. The highest BCUT2D eigenvalue weighted by molar-refractivity contribution is 8.00. The molecule has 4 nitrogen and oxygen atoms in total. The van der Waals surface area contributed by atoms with Gasteiger partial charge in [-0.25, -0.2) is 4.98 Å². The molecule has 1 aromatic heterocycles. The number of hydrogen-bond donors (Lipinski definition) is 2. The first kappa shape index (κ1) is 12.2. The van der Waals surface area contributed by atoms with Gasteiger partial charge in [0.15, 0.2) is 0 Å². The van der Waals surface area contributed by atoms with Crippen LogP contribution in [-0.2, 0) is 0 Å². The summed E-state index contributed by atoms with van der Waals surface area (Å²) in [5.41, 5.74) is 5.60. The molecule has 92 valence electrons. The fraction of sp³-hybridized carbons (Fsp3) is 0.500. The third-order valence-corrected chi connectivity index (χ3v) is 4.76. The van der Waals surface area contributed by atoms with Gasteiger partial charge < -0.3 is 11.1 Å². The fourth-order valence-corrected chi connectivity index (χ4v) is 2.83. The van der Waals surface area contributed by atoms with E-state index in [1.54, 1.807) is 12.1 Å². The molecule has 17 heavy (non-hydrogen) atoms. The molecule has 0 aromatic carbocycles. The number of carbonyl (C=O) groups excluding carboxylic acids is 1. The van der Waals surface area contributed by atoms with Gasteiger partial charge in [-0.1, -0.05) is 6.42 Å². The van der Waals surface area contributed by atoms with Gasteiger partial charge in [-0.3, -0.25) is 4.79 Å². The number of thioether (sulfide) groups is 1. The van der Waals surface area contributed by atoms with Gasteiger partial charge in [-0.15, -0.1) is 0 Å². The van der Waals surface area contributed by atoms with Gasteiger partial charge in [0.05, 0.1) is 5.56 Å². The summed E-state index contributed by atoms with van der Waals surface area (Å²) in [6.45, 7) is 0.928.